The lowest BCUT2D eigenvalue weighted by atomic mass is 9.85. The third-order valence-electron chi connectivity index (χ3n) is 2.88. The van der Waals surface area contributed by atoms with Gasteiger partial charge in [0.25, 0.3) is 0 Å². The van der Waals surface area contributed by atoms with Crippen LogP contribution in [0.3, 0.4) is 0 Å². The fourth-order valence-electron chi connectivity index (χ4n) is 1.52. The SMILES string of the molecule is C=CC(C)(CCCOCCOC)CNC(C)C. The molecular weight excluding hydrogens is 214 g/mol. The Morgan fingerprint density at radius 1 is 1.29 bits per heavy atom. The van der Waals surface area contributed by atoms with Crippen LogP contribution in [0.5, 0.6) is 0 Å². The average molecular weight is 243 g/mol. The van der Waals surface area contributed by atoms with E-state index in [4.69, 9.17) is 9.47 Å². The van der Waals surface area contributed by atoms with Crippen molar-refractivity contribution < 1.29 is 9.47 Å². The van der Waals surface area contributed by atoms with Crippen LogP contribution in [0.15, 0.2) is 12.7 Å². The van der Waals surface area contributed by atoms with Crippen molar-refractivity contribution in [2.24, 2.45) is 5.41 Å². The van der Waals surface area contributed by atoms with Crippen LogP contribution in [-0.2, 0) is 9.47 Å². The molecule has 102 valence electrons. The van der Waals surface area contributed by atoms with Crippen molar-refractivity contribution in [1.29, 1.82) is 0 Å². The highest BCUT2D eigenvalue weighted by atomic mass is 16.5. The second-order valence-corrected chi connectivity index (χ2v) is 5.10. The Balaban J connectivity index is 3.68. The first-order chi connectivity index (χ1) is 8.04. The van der Waals surface area contributed by atoms with Gasteiger partial charge in [0.2, 0.25) is 0 Å². The molecule has 1 N–H and O–H groups in total. The number of ether oxygens (including phenoxy) is 2. The van der Waals surface area contributed by atoms with Gasteiger partial charge in [0.1, 0.15) is 0 Å². The van der Waals surface area contributed by atoms with E-state index in [9.17, 15) is 0 Å². The summed E-state index contributed by atoms with van der Waals surface area (Å²) in [5.41, 5.74) is 0.162. The highest BCUT2D eigenvalue weighted by Gasteiger charge is 2.19. The van der Waals surface area contributed by atoms with Gasteiger partial charge < -0.3 is 14.8 Å². The lowest BCUT2D eigenvalue weighted by molar-refractivity contribution is 0.0658. The van der Waals surface area contributed by atoms with Crippen LogP contribution in [0, 0.1) is 5.41 Å². The maximum absolute atomic E-state index is 5.46. The summed E-state index contributed by atoms with van der Waals surface area (Å²) in [6.07, 6.45) is 4.22. The summed E-state index contributed by atoms with van der Waals surface area (Å²) in [6.45, 7) is 13.6. The molecule has 0 aromatic carbocycles. The molecule has 0 bridgehead atoms. The average Bonchev–Trinajstić information content (AvgIpc) is 2.31. The normalized spacial score (nSPS) is 14.9. The van der Waals surface area contributed by atoms with Gasteiger partial charge in [0.05, 0.1) is 13.2 Å². The standard InChI is InChI=1S/C14H29NO2/c1-6-14(4,12-15-13(2)3)8-7-9-17-11-10-16-5/h6,13,15H,1,7-12H2,2-5H3. The highest BCUT2D eigenvalue weighted by molar-refractivity contribution is 4.93. The molecule has 0 aliphatic rings. The maximum Gasteiger partial charge on any atom is 0.0700 e. The van der Waals surface area contributed by atoms with Crippen molar-refractivity contribution in [2.45, 2.75) is 39.7 Å². The third kappa shape index (κ3) is 9.33. The van der Waals surface area contributed by atoms with Gasteiger partial charge in [-0.1, -0.05) is 26.8 Å². The second-order valence-electron chi connectivity index (χ2n) is 5.10. The molecule has 0 aromatic rings. The molecule has 0 fully saturated rings. The summed E-state index contributed by atoms with van der Waals surface area (Å²) in [7, 11) is 1.69. The van der Waals surface area contributed by atoms with Crippen molar-refractivity contribution in [3.8, 4) is 0 Å². The van der Waals surface area contributed by atoms with Crippen molar-refractivity contribution in [3.05, 3.63) is 12.7 Å². The summed E-state index contributed by atoms with van der Waals surface area (Å²) >= 11 is 0. The zero-order valence-electron chi connectivity index (χ0n) is 11.9. The molecule has 0 radical (unpaired) electrons. The van der Waals surface area contributed by atoms with Gasteiger partial charge in [-0.3, -0.25) is 0 Å². The molecule has 0 aliphatic heterocycles. The molecular formula is C14H29NO2. The van der Waals surface area contributed by atoms with E-state index < -0.39 is 0 Å². The third-order valence-corrected chi connectivity index (χ3v) is 2.88. The summed E-state index contributed by atoms with van der Waals surface area (Å²) in [5.74, 6) is 0. The largest absolute Gasteiger partial charge is 0.382 e. The smallest absolute Gasteiger partial charge is 0.0700 e. The van der Waals surface area contributed by atoms with Crippen LogP contribution >= 0.6 is 0 Å². The van der Waals surface area contributed by atoms with Crippen molar-refractivity contribution in [3.63, 3.8) is 0 Å². The Bertz CT molecular complexity index is 195. The summed E-state index contributed by atoms with van der Waals surface area (Å²) < 4.78 is 10.4. The Kier molecular flexibility index (Phi) is 9.41. The van der Waals surface area contributed by atoms with Crippen LogP contribution in [0.1, 0.15) is 33.6 Å². The zero-order chi connectivity index (χ0) is 13.1. The number of nitrogens with one attached hydrogen (secondary N) is 1. The fourth-order valence-corrected chi connectivity index (χ4v) is 1.52. The van der Waals surface area contributed by atoms with E-state index in [-0.39, 0.29) is 5.41 Å². The van der Waals surface area contributed by atoms with Gasteiger partial charge in [-0.15, -0.1) is 6.58 Å². The Labute approximate surface area is 107 Å². The number of hydrogen-bond acceptors (Lipinski definition) is 3. The number of hydrogen-bond donors (Lipinski definition) is 1. The van der Waals surface area contributed by atoms with Crippen LogP contribution in [-0.4, -0.2) is 39.5 Å². The molecule has 17 heavy (non-hydrogen) atoms. The summed E-state index contributed by atoms with van der Waals surface area (Å²) in [5, 5.41) is 3.47. The minimum absolute atomic E-state index is 0.162. The first kappa shape index (κ1) is 16.6. The molecule has 0 amide bonds. The molecule has 0 rings (SSSR count). The summed E-state index contributed by atoms with van der Waals surface area (Å²) in [6, 6.07) is 0.521. The Hall–Kier alpha value is -0.380. The topological polar surface area (TPSA) is 30.5 Å². The predicted octanol–water partition coefficient (Wildman–Crippen LogP) is 2.62. The van der Waals surface area contributed by atoms with E-state index in [1.165, 1.54) is 0 Å². The monoisotopic (exact) mass is 243 g/mol. The van der Waals surface area contributed by atoms with E-state index in [1.807, 2.05) is 0 Å². The first-order valence-corrected chi connectivity index (χ1v) is 6.48. The molecule has 0 aliphatic carbocycles. The van der Waals surface area contributed by atoms with Crippen LogP contribution in [0.25, 0.3) is 0 Å². The molecule has 1 atom stereocenters. The molecule has 0 aromatic heterocycles. The molecule has 3 heteroatoms. The van der Waals surface area contributed by atoms with Gasteiger partial charge in [-0.25, -0.2) is 0 Å². The lowest BCUT2D eigenvalue weighted by Gasteiger charge is -2.27. The van der Waals surface area contributed by atoms with Gasteiger partial charge >= 0.3 is 0 Å². The molecule has 0 saturated carbocycles. The molecule has 0 saturated heterocycles. The quantitative estimate of drug-likeness (QED) is 0.447. The number of rotatable bonds is 11. The van der Waals surface area contributed by atoms with Gasteiger partial charge in [0, 0.05) is 26.3 Å². The fraction of sp³-hybridized carbons (Fsp3) is 0.857. The maximum atomic E-state index is 5.46. The van der Waals surface area contributed by atoms with Crippen LogP contribution in [0.4, 0.5) is 0 Å². The Morgan fingerprint density at radius 3 is 2.53 bits per heavy atom. The van der Waals surface area contributed by atoms with Gasteiger partial charge in [-0.05, 0) is 18.3 Å². The van der Waals surface area contributed by atoms with Crippen molar-refractivity contribution in [1.82, 2.24) is 5.32 Å². The molecule has 0 heterocycles. The molecule has 1 unspecified atom stereocenters. The van der Waals surface area contributed by atoms with E-state index in [0.29, 0.717) is 19.3 Å². The van der Waals surface area contributed by atoms with E-state index in [0.717, 1.165) is 26.0 Å². The van der Waals surface area contributed by atoms with Crippen molar-refractivity contribution in [2.75, 3.05) is 33.5 Å². The predicted molar refractivity (Wildman–Crippen MR) is 73.4 cm³/mol. The van der Waals surface area contributed by atoms with Gasteiger partial charge in [-0.2, -0.15) is 0 Å². The van der Waals surface area contributed by atoms with E-state index >= 15 is 0 Å². The number of methoxy groups -OCH3 is 1. The minimum atomic E-state index is 0.162. The second kappa shape index (κ2) is 9.63. The minimum Gasteiger partial charge on any atom is -0.382 e. The summed E-state index contributed by atoms with van der Waals surface area (Å²) in [4.78, 5) is 0. The molecule has 0 spiro atoms. The zero-order valence-corrected chi connectivity index (χ0v) is 11.9. The van der Waals surface area contributed by atoms with Gasteiger partial charge in [0.15, 0.2) is 0 Å². The van der Waals surface area contributed by atoms with Crippen LogP contribution < -0.4 is 5.32 Å². The van der Waals surface area contributed by atoms with Crippen molar-refractivity contribution >= 4 is 0 Å². The lowest BCUT2D eigenvalue weighted by Crippen LogP contribution is -2.34. The Morgan fingerprint density at radius 2 is 2.00 bits per heavy atom. The molecule has 3 nitrogen and oxygen atoms in total. The van der Waals surface area contributed by atoms with Crippen LogP contribution in [0.2, 0.25) is 0 Å². The first-order valence-electron chi connectivity index (χ1n) is 6.48. The highest BCUT2D eigenvalue weighted by Crippen LogP contribution is 2.23. The van der Waals surface area contributed by atoms with E-state index in [1.54, 1.807) is 7.11 Å². The van der Waals surface area contributed by atoms with E-state index in [2.05, 4.69) is 38.7 Å².